The molecular weight excluding hydrogens is 232 g/mol. The molecule has 1 fully saturated rings. The molecule has 0 radical (unpaired) electrons. The second kappa shape index (κ2) is 6.76. The number of benzene rings is 1. The highest BCUT2D eigenvalue weighted by Gasteiger charge is 2.13. The van der Waals surface area contributed by atoms with E-state index in [2.05, 4.69) is 61.3 Å². The van der Waals surface area contributed by atoms with Gasteiger partial charge in [0.25, 0.3) is 0 Å². The molecule has 0 aliphatic carbocycles. The van der Waals surface area contributed by atoms with Crippen LogP contribution in [0.5, 0.6) is 0 Å². The zero-order chi connectivity index (χ0) is 13.7. The Hall–Kier alpha value is -1.28. The molecule has 1 aliphatic rings. The first-order chi connectivity index (χ1) is 9.24. The van der Waals surface area contributed by atoms with Crippen molar-refractivity contribution in [3.8, 4) is 0 Å². The monoisotopic (exact) mass is 258 g/mol. The molecule has 1 N–H and O–H groups in total. The van der Waals surface area contributed by atoms with Gasteiger partial charge in [-0.2, -0.15) is 0 Å². The first-order valence-corrected chi connectivity index (χ1v) is 7.50. The molecule has 1 unspecified atom stereocenters. The lowest BCUT2D eigenvalue weighted by molar-refractivity contribution is 0.501. The van der Waals surface area contributed by atoms with E-state index in [1.165, 1.54) is 23.2 Å². The van der Waals surface area contributed by atoms with E-state index in [1.54, 1.807) is 0 Å². The Labute approximate surface area is 117 Å². The summed E-state index contributed by atoms with van der Waals surface area (Å²) in [6.45, 7) is 11.1. The molecule has 2 nitrogen and oxygen atoms in total. The molecule has 1 aromatic rings. The van der Waals surface area contributed by atoms with Crippen LogP contribution in [0.25, 0.3) is 6.08 Å². The molecule has 1 heterocycles. The molecule has 0 saturated carbocycles. The van der Waals surface area contributed by atoms with Crippen LogP contribution in [0.2, 0.25) is 0 Å². The maximum atomic E-state index is 3.46. The van der Waals surface area contributed by atoms with E-state index in [4.69, 9.17) is 0 Å². The van der Waals surface area contributed by atoms with Gasteiger partial charge in [-0.25, -0.2) is 0 Å². The molecule has 1 saturated heterocycles. The number of hydrogen-bond acceptors (Lipinski definition) is 2. The van der Waals surface area contributed by atoms with Gasteiger partial charge in [0, 0.05) is 25.3 Å². The highest BCUT2D eigenvalue weighted by molar-refractivity contribution is 5.58. The number of nitrogens with zero attached hydrogens (tertiary/aromatic N) is 1. The van der Waals surface area contributed by atoms with E-state index < -0.39 is 0 Å². The van der Waals surface area contributed by atoms with Crippen molar-refractivity contribution in [1.82, 2.24) is 5.32 Å². The third kappa shape index (κ3) is 3.60. The maximum absolute atomic E-state index is 3.46. The molecule has 1 atom stereocenters. The summed E-state index contributed by atoms with van der Waals surface area (Å²) in [5.41, 5.74) is 4.17. The minimum Gasteiger partial charge on any atom is -0.372 e. The van der Waals surface area contributed by atoms with E-state index in [1.807, 2.05) is 0 Å². The lowest BCUT2D eigenvalue weighted by Crippen LogP contribution is -2.28. The third-order valence-corrected chi connectivity index (χ3v) is 4.09. The Balaban J connectivity index is 2.11. The van der Waals surface area contributed by atoms with Crippen LogP contribution in [-0.4, -0.2) is 26.2 Å². The standard InChI is InChI=1S/C17H26N2/c1-4-19(5-2)17-8-6-15(7-9-17)12-16-13-18-11-10-14(16)3/h6-9,12,14,18H,4-5,10-11,13H2,1-3H3. The van der Waals surface area contributed by atoms with Crippen molar-refractivity contribution in [2.45, 2.75) is 27.2 Å². The zero-order valence-electron chi connectivity index (χ0n) is 12.4. The van der Waals surface area contributed by atoms with Crippen LogP contribution in [0, 0.1) is 5.92 Å². The molecule has 1 aliphatic heterocycles. The molecule has 19 heavy (non-hydrogen) atoms. The Bertz CT molecular complexity index is 415. The van der Waals surface area contributed by atoms with E-state index in [9.17, 15) is 0 Å². The predicted octanol–water partition coefficient (Wildman–Crippen LogP) is 3.55. The zero-order valence-corrected chi connectivity index (χ0v) is 12.4. The lowest BCUT2D eigenvalue weighted by atomic mass is 9.92. The minimum absolute atomic E-state index is 0.712. The third-order valence-electron chi connectivity index (χ3n) is 4.09. The molecule has 0 amide bonds. The fourth-order valence-corrected chi connectivity index (χ4v) is 2.69. The number of hydrogen-bond donors (Lipinski definition) is 1. The van der Waals surface area contributed by atoms with Crippen molar-refractivity contribution >= 4 is 11.8 Å². The van der Waals surface area contributed by atoms with Crippen molar-refractivity contribution < 1.29 is 0 Å². The van der Waals surface area contributed by atoms with Gasteiger partial charge in [-0.1, -0.05) is 30.7 Å². The van der Waals surface area contributed by atoms with Crippen LogP contribution in [0.15, 0.2) is 29.8 Å². The smallest absolute Gasteiger partial charge is 0.0366 e. The largest absolute Gasteiger partial charge is 0.372 e. The number of anilines is 1. The first kappa shape index (κ1) is 14.1. The van der Waals surface area contributed by atoms with E-state index in [0.29, 0.717) is 5.92 Å². The summed E-state index contributed by atoms with van der Waals surface area (Å²) in [5.74, 6) is 0.712. The van der Waals surface area contributed by atoms with E-state index in [-0.39, 0.29) is 0 Å². The summed E-state index contributed by atoms with van der Waals surface area (Å²) >= 11 is 0. The van der Waals surface area contributed by atoms with Crippen LogP contribution in [0.1, 0.15) is 32.8 Å². The Kier molecular flexibility index (Phi) is 5.03. The van der Waals surface area contributed by atoms with Gasteiger partial charge < -0.3 is 10.2 Å². The Morgan fingerprint density at radius 2 is 1.89 bits per heavy atom. The van der Waals surface area contributed by atoms with Crippen molar-refractivity contribution in [3.63, 3.8) is 0 Å². The lowest BCUT2D eigenvalue weighted by Gasteiger charge is -2.23. The van der Waals surface area contributed by atoms with Crippen molar-refractivity contribution in [1.29, 1.82) is 0 Å². The fraction of sp³-hybridized carbons (Fsp3) is 0.529. The average molecular weight is 258 g/mol. The van der Waals surface area contributed by atoms with Crippen LogP contribution >= 0.6 is 0 Å². The first-order valence-electron chi connectivity index (χ1n) is 7.50. The van der Waals surface area contributed by atoms with Gasteiger partial charge in [0.05, 0.1) is 0 Å². The summed E-state index contributed by atoms with van der Waals surface area (Å²) in [6, 6.07) is 8.95. The van der Waals surface area contributed by atoms with Gasteiger partial charge in [0.15, 0.2) is 0 Å². The van der Waals surface area contributed by atoms with Crippen LogP contribution in [0.4, 0.5) is 5.69 Å². The molecule has 0 bridgehead atoms. The highest BCUT2D eigenvalue weighted by Crippen LogP contribution is 2.22. The quantitative estimate of drug-likeness (QED) is 0.888. The Morgan fingerprint density at radius 3 is 2.47 bits per heavy atom. The highest BCUT2D eigenvalue weighted by atomic mass is 15.1. The Morgan fingerprint density at radius 1 is 1.21 bits per heavy atom. The summed E-state index contributed by atoms with van der Waals surface area (Å²) in [5, 5.41) is 3.46. The van der Waals surface area contributed by atoms with Crippen molar-refractivity contribution in [2.24, 2.45) is 5.92 Å². The number of piperidine rings is 1. The molecule has 0 aromatic heterocycles. The van der Waals surface area contributed by atoms with Crippen LogP contribution in [-0.2, 0) is 0 Å². The SMILES string of the molecule is CCN(CC)c1ccc(C=C2CNCCC2C)cc1. The normalized spacial score (nSPS) is 21.6. The minimum atomic E-state index is 0.712. The summed E-state index contributed by atoms with van der Waals surface area (Å²) in [7, 11) is 0. The summed E-state index contributed by atoms with van der Waals surface area (Å²) < 4.78 is 0. The molecule has 0 spiro atoms. The van der Waals surface area contributed by atoms with Crippen LogP contribution < -0.4 is 10.2 Å². The molecule has 2 heteroatoms. The van der Waals surface area contributed by atoms with Crippen molar-refractivity contribution in [2.75, 3.05) is 31.1 Å². The van der Waals surface area contributed by atoms with Gasteiger partial charge in [-0.3, -0.25) is 0 Å². The van der Waals surface area contributed by atoms with Gasteiger partial charge in [-0.05, 0) is 50.4 Å². The predicted molar refractivity (Wildman–Crippen MR) is 84.6 cm³/mol. The van der Waals surface area contributed by atoms with Gasteiger partial charge in [0.2, 0.25) is 0 Å². The maximum Gasteiger partial charge on any atom is 0.0366 e. The number of nitrogens with one attached hydrogen (secondary N) is 1. The summed E-state index contributed by atoms with van der Waals surface area (Å²) in [6.07, 6.45) is 3.60. The van der Waals surface area contributed by atoms with E-state index >= 15 is 0 Å². The molecule has 1 aromatic carbocycles. The fourth-order valence-electron chi connectivity index (χ4n) is 2.69. The molecular formula is C17H26N2. The molecule has 104 valence electrons. The number of rotatable bonds is 4. The van der Waals surface area contributed by atoms with E-state index in [0.717, 1.165) is 26.2 Å². The summed E-state index contributed by atoms with van der Waals surface area (Å²) in [4.78, 5) is 2.38. The second-order valence-electron chi connectivity index (χ2n) is 5.35. The van der Waals surface area contributed by atoms with Crippen molar-refractivity contribution in [3.05, 3.63) is 35.4 Å². The van der Waals surface area contributed by atoms with Gasteiger partial charge in [0.1, 0.15) is 0 Å². The second-order valence-corrected chi connectivity index (χ2v) is 5.35. The molecule has 2 rings (SSSR count). The van der Waals surface area contributed by atoms with Gasteiger partial charge >= 0.3 is 0 Å². The van der Waals surface area contributed by atoms with Crippen LogP contribution in [0.3, 0.4) is 0 Å². The van der Waals surface area contributed by atoms with Gasteiger partial charge in [-0.15, -0.1) is 0 Å². The topological polar surface area (TPSA) is 15.3 Å². The average Bonchev–Trinajstić information content (AvgIpc) is 2.44.